The number of hydrogen-bond acceptors (Lipinski definition) is 5. The molecule has 1 aliphatic heterocycles. The van der Waals surface area contributed by atoms with Crippen LogP contribution in [0.15, 0.2) is 46.5 Å². The molecule has 0 radical (unpaired) electrons. The van der Waals surface area contributed by atoms with Crippen LogP contribution in [0.4, 0.5) is 0 Å². The number of carbonyl (C=O) groups excluding carboxylic acids is 2. The maximum atomic E-state index is 12.4. The van der Waals surface area contributed by atoms with Crippen LogP contribution in [-0.2, 0) is 14.3 Å². The fourth-order valence-corrected chi connectivity index (χ4v) is 2.85. The summed E-state index contributed by atoms with van der Waals surface area (Å²) in [5.41, 5.74) is 1.11. The van der Waals surface area contributed by atoms with Crippen LogP contribution in [0.5, 0.6) is 0 Å². The maximum absolute atomic E-state index is 12.4. The number of methoxy groups -OCH3 is 1. The number of carbonyl (C=O) groups is 2. The van der Waals surface area contributed by atoms with Crippen molar-refractivity contribution < 1.29 is 18.7 Å². The first kappa shape index (κ1) is 18.2. The third kappa shape index (κ3) is 3.49. The molecule has 0 N–H and O–H groups in total. The number of hydrogen-bond donors (Lipinski definition) is 0. The van der Waals surface area contributed by atoms with Gasteiger partial charge in [0.1, 0.15) is 23.8 Å². The van der Waals surface area contributed by atoms with Crippen LogP contribution in [0.25, 0.3) is 17.4 Å². The molecule has 0 saturated carbocycles. The number of benzene rings is 1. The minimum absolute atomic E-state index is 0.151. The Kier molecular flexibility index (Phi) is 5.11. The van der Waals surface area contributed by atoms with E-state index in [0.717, 1.165) is 5.56 Å². The molecule has 2 aromatic rings. The van der Waals surface area contributed by atoms with E-state index in [0.29, 0.717) is 16.5 Å². The summed E-state index contributed by atoms with van der Waals surface area (Å²) in [4.78, 5) is 26.8. The van der Waals surface area contributed by atoms with Crippen molar-refractivity contribution in [3.8, 4) is 11.3 Å². The van der Waals surface area contributed by atoms with Crippen molar-refractivity contribution in [1.82, 2.24) is 9.80 Å². The molecule has 8 heteroatoms. The first-order valence-corrected chi connectivity index (χ1v) is 8.43. The lowest BCUT2D eigenvalue weighted by molar-refractivity contribution is -0.140. The van der Waals surface area contributed by atoms with E-state index in [4.69, 9.17) is 28.2 Å². The van der Waals surface area contributed by atoms with Gasteiger partial charge in [0.15, 0.2) is 5.11 Å². The van der Waals surface area contributed by atoms with E-state index in [1.165, 1.54) is 16.9 Å². The molecular formula is C18H15ClN2O4S. The average molecular weight is 391 g/mol. The topological polar surface area (TPSA) is 63.0 Å². The van der Waals surface area contributed by atoms with Crippen LogP contribution in [0.1, 0.15) is 5.76 Å². The fourth-order valence-electron chi connectivity index (χ4n) is 2.48. The summed E-state index contributed by atoms with van der Waals surface area (Å²) < 4.78 is 10.5. The van der Waals surface area contributed by atoms with Crippen LogP contribution in [0.2, 0.25) is 5.02 Å². The standard InChI is InChI=1S/C18H15ClN2O4S/c1-20-17(23)14(21(18(20)26)10-16(22)24-2)9-13-7-8-15(25-13)11-3-5-12(19)6-4-11/h3-9H,10H2,1-2H3. The van der Waals surface area contributed by atoms with Crippen molar-refractivity contribution >= 4 is 46.9 Å². The Bertz CT molecular complexity index is 904. The zero-order valence-electron chi connectivity index (χ0n) is 14.1. The smallest absolute Gasteiger partial charge is 0.325 e. The van der Waals surface area contributed by atoms with Crippen LogP contribution in [-0.4, -0.2) is 47.5 Å². The van der Waals surface area contributed by atoms with Gasteiger partial charge < -0.3 is 14.1 Å². The maximum Gasteiger partial charge on any atom is 0.325 e. The lowest BCUT2D eigenvalue weighted by Gasteiger charge is -2.16. The van der Waals surface area contributed by atoms with E-state index in [2.05, 4.69) is 4.74 Å². The van der Waals surface area contributed by atoms with Gasteiger partial charge in [-0.1, -0.05) is 11.6 Å². The fraction of sp³-hybridized carbons (Fsp3) is 0.167. The first-order chi connectivity index (χ1) is 12.4. The molecule has 134 valence electrons. The van der Waals surface area contributed by atoms with Gasteiger partial charge in [-0.05, 0) is 48.6 Å². The molecule has 0 unspecified atom stereocenters. The van der Waals surface area contributed by atoms with Crippen molar-refractivity contribution in [2.45, 2.75) is 0 Å². The zero-order valence-corrected chi connectivity index (χ0v) is 15.6. The second kappa shape index (κ2) is 7.31. The Morgan fingerprint density at radius 2 is 1.96 bits per heavy atom. The van der Waals surface area contributed by atoms with Gasteiger partial charge >= 0.3 is 5.97 Å². The third-order valence-corrected chi connectivity index (χ3v) is 4.63. The molecule has 6 nitrogen and oxygen atoms in total. The molecular weight excluding hydrogens is 376 g/mol. The van der Waals surface area contributed by atoms with Gasteiger partial charge in [-0.25, -0.2) is 0 Å². The van der Waals surface area contributed by atoms with E-state index < -0.39 is 5.97 Å². The Hall–Kier alpha value is -2.64. The Labute approximate surface area is 160 Å². The number of amides is 1. The predicted molar refractivity (Wildman–Crippen MR) is 101 cm³/mol. The summed E-state index contributed by atoms with van der Waals surface area (Å²) in [6, 6.07) is 10.7. The van der Waals surface area contributed by atoms with Crippen LogP contribution >= 0.6 is 23.8 Å². The van der Waals surface area contributed by atoms with Crippen molar-refractivity contribution in [3.05, 3.63) is 52.9 Å². The molecule has 1 aliphatic rings. The van der Waals surface area contributed by atoms with Gasteiger partial charge in [0, 0.05) is 23.7 Å². The van der Waals surface area contributed by atoms with E-state index in [1.807, 2.05) is 12.1 Å². The monoisotopic (exact) mass is 390 g/mol. The molecule has 1 amide bonds. The van der Waals surface area contributed by atoms with Crippen molar-refractivity contribution in [1.29, 1.82) is 0 Å². The highest BCUT2D eigenvalue weighted by molar-refractivity contribution is 7.80. The summed E-state index contributed by atoms with van der Waals surface area (Å²) >= 11 is 11.1. The van der Waals surface area contributed by atoms with Crippen LogP contribution in [0.3, 0.4) is 0 Å². The molecule has 0 atom stereocenters. The quantitative estimate of drug-likeness (QED) is 0.454. The van der Waals surface area contributed by atoms with Crippen molar-refractivity contribution in [2.24, 2.45) is 0 Å². The highest BCUT2D eigenvalue weighted by Crippen LogP contribution is 2.27. The molecule has 1 aromatic carbocycles. The summed E-state index contributed by atoms with van der Waals surface area (Å²) in [6.45, 7) is -0.151. The molecule has 3 rings (SSSR count). The normalized spacial score (nSPS) is 15.9. The molecule has 0 aliphatic carbocycles. The molecule has 1 fully saturated rings. The van der Waals surface area contributed by atoms with Gasteiger partial charge in [-0.2, -0.15) is 0 Å². The largest absolute Gasteiger partial charge is 0.468 e. The summed E-state index contributed by atoms with van der Waals surface area (Å²) in [5, 5.41) is 0.866. The van der Waals surface area contributed by atoms with Gasteiger partial charge in [0.05, 0.1) is 7.11 Å². The molecule has 0 bridgehead atoms. The number of rotatable bonds is 4. The van der Waals surface area contributed by atoms with E-state index in [-0.39, 0.29) is 23.3 Å². The number of furan rings is 1. The van der Waals surface area contributed by atoms with E-state index in [1.54, 1.807) is 37.4 Å². The van der Waals surface area contributed by atoms with E-state index >= 15 is 0 Å². The average Bonchev–Trinajstić information content (AvgIpc) is 3.18. The molecule has 1 aromatic heterocycles. The highest BCUT2D eigenvalue weighted by Gasteiger charge is 2.37. The van der Waals surface area contributed by atoms with Crippen molar-refractivity contribution in [2.75, 3.05) is 20.7 Å². The second-order valence-electron chi connectivity index (χ2n) is 5.55. The van der Waals surface area contributed by atoms with Crippen LogP contribution < -0.4 is 0 Å². The Balaban J connectivity index is 1.92. The minimum atomic E-state index is -0.498. The van der Waals surface area contributed by atoms with Gasteiger partial charge in [0.25, 0.3) is 5.91 Å². The zero-order chi connectivity index (χ0) is 18.8. The SMILES string of the molecule is COC(=O)CN1C(=S)N(C)C(=O)C1=Cc1ccc(-c2ccc(Cl)cc2)o1. The van der Waals surface area contributed by atoms with Gasteiger partial charge in [-0.3, -0.25) is 14.5 Å². The minimum Gasteiger partial charge on any atom is -0.468 e. The Morgan fingerprint density at radius 3 is 2.62 bits per heavy atom. The van der Waals surface area contributed by atoms with Gasteiger partial charge in [0.2, 0.25) is 0 Å². The second-order valence-corrected chi connectivity index (χ2v) is 6.35. The summed E-state index contributed by atoms with van der Waals surface area (Å²) in [7, 11) is 2.83. The number of ether oxygens (including phenoxy) is 1. The highest BCUT2D eigenvalue weighted by atomic mass is 35.5. The number of thiocarbonyl (C=S) groups is 1. The van der Waals surface area contributed by atoms with Crippen molar-refractivity contribution in [3.63, 3.8) is 0 Å². The number of esters is 1. The van der Waals surface area contributed by atoms with Crippen LogP contribution in [0, 0.1) is 0 Å². The molecule has 0 spiro atoms. The first-order valence-electron chi connectivity index (χ1n) is 7.64. The molecule has 1 saturated heterocycles. The summed E-state index contributed by atoms with van der Waals surface area (Å²) in [6.07, 6.45) is 1.56. The Morgan fingerprint density at radius 1 is 1.27 bits per heavy atom. The van der Waals surface area contributed by atoms with E-state index in [9.17, 15) is 9.59 Å². The lowest BCUT2D eigenvalue weighted by Crippen LogP contribution is -2.33. The third-order valence-electron chi connectivity index (χ3n) is 3.88. The van der Waals surface area contributed by atoms with Gasteiger partial charge in [-0.15, -0.1) is 0 Å². The lowest BCUT2D eigenvalue weighted by atomic mass is 10.2. The number of halogens is 1. The molecule has 26 heavy (non-hydrogen) atoms. The summed E-state index contributed by atoms with van der Waals surface area (Å²) in [5.74, 6) is 0.284. The molecule has 2 heterocycles. The predicted octanol–water partition coefficient (Wildman–Crippen LogP) is 3.17. The number of nitrogens with zero attached hydrogens (tertiary/aromatic N) is 2. The number of likely N-dealkylation sites (N-methyl/N-ethyl adjacent to an activating group) is 1.